The van der Waals surface area contributed by atoms with E-state index in [-0.39, 0.29) is 51.3 Å². The summed E-state index contributed by atoms with van der Waals surface area (Å²) >= 11 is 5.89. The fraction of sp³-hybridized carbons (Fsp3) is 0.389. The highest BCUT2D eigenvalue weighted by molar-refractivity contribution is 8.29. The summed E-state index contributed by atoms with van der Waals surface area (Å²) in [4.78, 5) is 39.2. The van der Waals surface area contributed by atoms with Crippen molar-refractivity contribution in [1.29, 1.82) is 0 Å². The minimum atomic E-state index is -0.296. The average molecular weight is 956 g/mol. The predicted octanol–water partition coefficient (Wildman–Crippen LogP) is 9.18. The van der Waals surface area contributed by atoms with Crippen LogP contribution in [0.25, 0.3) is 0 Å². The van der Waals surface area contributed by atoms with E-state index in [1.807, 2.05) is 77.5 Å². The molecule has 0 bridgehead atoms. The second-order valence-electron chi connectivity index (χ2n) is 18.5. The molecule has 0 radical (unpaired) electrons. The number of aliphatic imine (C=N–C) groups is 1. The molecule has 9 rings (SSSR count). The number of amides is 2. The van der Waals surface area contributed by atoms with Gasteiger partial charge in [-0.15, -0.1) is 9.45 Å². The molecule has 4 heterocycles. The second-order valence-corrected chi connectivity index (χ2v) is 22.0. The maximum Gasteiger partial charge on any atom is 0.261 e. The van der Waals surface area contributed by atoms with Crippen molar-refractivity contribution >= 4 is 67.1 Å². The van der Waals surface area contributed by atoms with E-state index in [9.17, 15) is 9.59 Å². The maximum atomic E-state index is 14.2. The SMILES string of the molecule is CCCOCCOCCN(CC(C)(C)S(C)=S)c1cc(COc2cc3c(cc2C)C(=O)N2c4ccccc4C[C@H]2C=N3)cc(COc2cc3c(cc2OC)C(=O)N2c4ccccc4C[C@H]2CN3)c1. The third-order valence-electron chi connectivity index (χ3n) is 13.3. The fourth-order valence-electron chi connectivity index (χ4n) is 9.52. The number of nitrogens with one attached hydrogen (secondary N) is 1. The molecule has 0 saturated carbocycles. The standard InChI is InChI=1S/C54H61N5O7S2/c1-7-17-63-19-20-64-18-16-57(34-54(3,4)68(6)67)40-23-36(32-65-49-28-45-43(21-35(49)2)52(60)58-41(30-55-45)25-38-12-8-10-14-47(38)58)22-37(24-40)33-66-51-29-46-44(27-50(51)62-5)53(61)59-42(31-56-46)26-39-13-9-11-15-48(39)59/h8-15,21-24,27-30,41-42,56H,7,16-20,25-26,31-34H2,1-6H3/t41-,42-,68?/m0/s1. The number of carbonyl (C=O) groups excluding carboxylic acids is 2. The summed E-state index contributed by atoms with van der Waals surface area (Å²) in [5, 5.41) is 3.55. The van der Waals surface area contributed by atoms with Gasteiger partial charge in [0.15, 0.2) is 11.5 Å². The van der Waals surface area contributed by atoms with Gasteiger partial charge in [0.1, 0.15) is 19.0 Å². The van der Waals surface area contributed by atoms with Gasteiger partial charge in [-0.2, -0.15) is 0 Å². The Kier molecular flexibility index (Phi) is 14.2. The Balaban J connectivity index is 0.999. The fourth-order valence-corrected chi connectivity index (χ4v) is 10.0. The number of methoxy groups -OCH3 is 1. The monoisotopic (exact) mass is 955 g/mol. The first-order valence-electron chi connectivity index (χ1n) is 23.5. The van der Waals surface area contributed by atoms with Crippen LogP contribution in [-0.4, -0.2) is 94.3 Å². The summed E-state index contributed by atoms with van der Waals surface area (Å²) in [6.07, 6.45) is 6.48. The molecule has 3 atom stereocenters. The van der Waals surface area contributed by atoms with E-state index in [0.29, 0.717) is 85.8 Å². The third-order valence-corrected chi connectivity index (χ3v) is 16.3. The van der Waals surface area contributed by atoms with Crippen LogP contribution in [0.15, 0.2) is 96.0 Å². The number of anilines is 4. The smallest absolute Gasteiger partial charge is 0.261 e. The summed E-state index contributed by atoms with van der Waals surface area (Å²) in [7, 11) is 1.30. The number of ether oxygens (including phenoxy) is 5. The van der Waals surface area contributed by atoms with Crippen molar-refractivity contribution in [3.8, 4) is 17.2 Å². The van der Waals surface area contributed by atoms with Gasteiger partial charge in [0, 0.05) is 72.8 Å². The topological polar surface area (TPSA) is 114 Å². The Labute approximate surface area is 407 Å². The van der Waals surface area contributed by atoms with Gasteiger partial charge in [-0.05, 0) is 110 Å². The van der Waals surface area contributed by atoms with Crippen LogP contribution in [0.2, 0.25) is 0 Å². The molecular formula is C54H61N5O7S2. The van der Waals surface area contributed by atoms with Crippen LogP contribution in [0.1, 0.15) is 75.7 Å². The van der Waals surface area contributed by atoms with E-state index >= 15 is 0 Å². The lowest BCUT2D eigenvalue weighted by Crippen LogP contribution is -2.43. The summed E-state index contributed by atoms with van der Waals surface area (Å²) < 4.78 is 30.8. The Morgan fingerprint density at radius 1 is 0.794 bits per heavy atom. The number of hydrogen-bond acceptors (Lipinski definition) is 11. The van der Waals surface area contributed by atoms with Crippen molar-refractivity contribution in [3.05, 3.63) is 130 Å². The summed E-state index contributed by atoms with van der Waals surface area (Å²) in [5.74, 6) is 1.52. The average Bonchev–Trinajstić information content (AvgIpc) is 3.83. The lowest BCUT2D eigenvalue weighted by molar-refractivity contribution is 0.0505. The predicted molar refractivity (Wildman–Crippen MR) is 276 cm³/mol. The first kappa shape index (κ1) is 47.3. The number of benzene rings is 5. The van der Waals surface area contributed by atoms with Gasteiger partial charge in [0.2, 0.25) is 0 Å². The molecule has 68 heavy (non-hydrogen) atoms. The number of hydrogen-bond donors (Lipinski definition) is 1. The molecule has 0 aromatic heterocycles. The Bertz CT molecular complexity index is 2760. The quantitative estimate of drug-likeness (QED) is 0.0805. The molecule has 1 unspecified atom stereocenters. The number of nitrogens with zero attached hydrogens (tertiary/aromatic N) is 4. The Morgan fingerprint density at radius 2 is 1.46 bits per heavy atom. The van der Waals surface area contributed by atoms with Gasteiger partial charge in [-0.25, -0.2) is 0 Å². The van der Waals surface area contributed by atoms with Crippen LogP contribution in [0.4, 0.5) is 28.4 Å². The minimum absolute atomic E-state index is 0.00337. The molecule has 0 aliphatic carbocycles. The molecule has 0 fully saturated rings. The molecular weight excluding hydrogens is 895 g/mol. The van der Waals surface area contributed by atoms with Crippen LogP contribution in [0, 0.1) is 6.92 Å². The molecule has 14 heteroatoms. The maximum absolute atomic E-state index is 14.2. The molecule has 0 saturated heterocycles. The van der Waals surface area contributed by atoms with Crippen LogP contribution < -0.4 is 34.2 Å². The second kappa shape index (κ2) is 20.4. The minimum Gasteiger partial charge on any atom is -0.493 e. The molecule has 0 spiro atoms. The van der Waals surface area contributed by atoms with Crippen molar-refractivity contribution in [2.24, 2.45) is 4.99 Å². The zero-order valence-electron chi connectivity index (χ0n) is 39.8. The number of para-hydroxylation sites is 2. The molecule has 4 aliphatic rings. The number of aryl methyl sites for hydroxylation is 1. The molecule has 5 aromatic carbocycles. The van der Waals surface area contributed by atoms with Gasteiger partial charge in [0.05, 0.1) is 61.5 Å². The zero-order valence-corrected chi connectivity index (χ0v) is 41.5. The van der Waals surface area contributed by atoms with E-state index in [2.05, 4.69) is 67.6 Å². The normalized spacial score (nSPS) is 17.2. The first-order valence-corrected chi connectivity index (χ1v) is 26.1. The number of fused-ring (bicyclic) bond motifs is 8. The van der Waals surface area contributed by atoms with Gasteiger partial charge < -0.3 is 38.8 Å². The van der Waals surface area contributed by atoms with Crippen LogP contribution in [0.3, 0.4) is 0 Å². The Hall–Kier alpha value is -5.80. The van der Waals surface area contributed by atoms with E-state index in [0.717, 1.165) is 58.6 Å². The molecule has 12 nitrogen and oxygen atoms in total. The molecule has 2 amide bonds. The van der Waals surface area contributed by atoms with Gasteiger partial charge >= 0.3 is 0 Å². The highest BCUT2D eigenvalue weighted by Gasteiger charge is 2.39. The largest absolute Gasteiger partial charge is 0.493 e. The van der Waals surface area contributed by atoms with Gasteiger partial charge in [-0.3, -0.25) is 19.5 Å². The van der Waals surface area contributed by atoms with E-state index < -0.39 is 0 Å². The van der Waals surface area contributed by atoms with Crippen LogP contribution >= 0.6 is 0 Å². The zero-order chi connectivity index (χ0) is 47.5. The lowest BCUT2D eigenvalue weighted by Gasteiger charge is -2.35. The first-order chi connectivity index (χ1) is 32.9. The molecule has 356 valence electrons. The van der Waals surface area contributed by atoms with E-state index in [1.165, 1.54) is 5.56 Å². The van der Waals surface area contributed by atoms with Crippen molar-refractivity contribution in [1.82, 2.24) is 0 Å². The van der Waals surface area contributed by atoms with Crippen molar-refractivity contribution < 1.29 is 33.3 Å². The number of rotatable bonds is 19. The van der Waals surface area contributed by atoms with Gasteiger partial charge in [-0.1, -0.05) is 54.5 Å². The van der Waals surface area contributed by atoms with E-state index in [1.54, 1.807) is 13.2 Å². The molecule has 5 aromatic rings. The highest BCUT2D eigenvalue weighted by atomic mass is 32.8. The Morgan fingerprint density at radius 3 is 2.16 bits per heavy atom. The summed E-state index contributed by atoms with van der Waals surface area (Å²) in [6, 6.07) is 29.9. The van der Waals surface area contributed by atoms with Crippen molar-refractivity contribution in [2.75, 3.05) is 79.4 Å². The lowest BCUT2D eigenvalue weighted by atomic mass is 10.1. The molecule has 1 N–H and O–H groups in total. The highest BCUT2D eigenvalue weighted by Crippen LogP contribution is 2.42. The summed E-state index contributed by atoms with van der Waals surface area (Å²) in [6.45, 7) is 13.2. The summed E-state index contributed by atoms with van der Waals surface area (Å²) in [5.41, 5.74) is 10.3. The van der Waals surface area contributed by atoms with Gasteiger partial charge in [0.25, 0.3) is 11.8 Å². The third kappa shape index (κ3) is 9.87. The van der Waals surface area contributed by atoms with Crippen LogP contribution in [0.5, 0.6) is 17.2 Å². The van der Waals surface area contributed by atoms with Crippen molar-refractivity contribution in [2.45, 2.75) is 77.0 Å². The van der Waals surface area contributed by atoms with Crippen LogP contribution in [-0.2, 0) is 56.2 Å². The van der Waals surface area contributed by atoms with Crippen molar-refractivity contribution in [3.63, 3.8) is 0 Å². The molecule has 4 aliphatic heterocycles. The van der Waals surface area contributed by atoms with E-state index in [4.69, 9.17) is 39.9 Å². The number of carbonyl (C=O) groups is 2.